The van der Waals surface area contributed by atoms with Gasteiger partial charge in [0.2, 0.25) is 11.0 Å². The lowest BCUT2D eigenvalue weighted by atomic mass is 10.1. The number of nitrogens with zero attached hydrogens (tertiary/aromatic N) is 2. The maximum Gasteiger partial charge on any atom is 0.230 e. The van der Waals surface area contributed by atoms with Gasteiger partial charge in [-0.25, -0.2) is 0 Å². The molecule has 0 aliphatic heterocycles. The fourth-order valence-corrected chi connectivity index (χ4v) is 2.52. The highest BCUT2D eigenvalue weighted by Gasteiger charge is 2.08. The van der Waals surface area contributed by atoms with Crippen molar-refractivity contribution < 1.29 is 9.53 Å². The molecule has 2 aromatic rings. The van der Waals surface area contributed by atoms with Gasteiger partial charge in [-0.1, -0.05) is 23.5 Å². The smallest absolute Gasteiger partial charge is 0.230 e. The third-order valence-corrected chi connectivity index (χ3v) is 3.57. The lowest BCUT2D eigenvalue weighted by molar-refractivity contribution is -0.115. The van der Waals surface area contributed by atoms with Crippen LogP contribution in [0.25, 0.3) is 0 Å². The van der Waals surface area contributed by atoms with E-state index in [0.29, 0.717) is 24.7 Å². The molecule has 1 aromatic carbocycles. The number of carbonyl (C=O) groups is 1. The molecule has 0 saturated heterocycles. The standard InChI is InChI=1S/C14H18N4O2S/c1-2-20-11-5-3-10(4-6-11)9-12(19)16-14-18-17-13(21-14)7-8-15/h3-6H,2,7-9,15H2,1H3,(H,16,18,19). The van der Waals surface area contributed by atoms with E-state index in [1.54, 1.807) is 0 Å². The summed E-state index contributed by atoms with van der Waals surface area (Å²) < 4.78 is 5.36. The first-order valence-electron chi connectivity index (χ1n) is 6.75. The molecule has 0 saturated carbocycles. The Morgan fingerprint density at radius 2 is 2.10 bits per heavy atom. The Labute approximate surface area is 127 Å². The number of anilines is 1. The van der Waals surface area contributed by atoms with Crippen molar-refractivity contribution in [3.05, 3.63) is 34.8 Å². The van der Waals surface area contributed by atoms with E-state index in [-0.39, 0.29) is 12.3 Å². The Kier molecular flexibility index (Phi) is 5.65. The van der Waals surface area contributed by atoms with Crippen LogP contribution in [0.3, 0.4) is 0 Å². The Morgan fingerprint density at radius 1 is 1.33 bits per heavy atom. The van der Waals surface area contributed by atoms with Crippen molar-refractivity contribution >= 4 is 22.4 Å². The summed E-state index contributed by atoms with van der Waals surface area (Å²) >= 11 is 1.35. The van der Waals surface area contributed by atoms with E-state index in [4.69, 9.17) is 10.5 Å². The number of aromatic nitrogens is 2. The van der Waals surface area contributed by atoms with Crippen molar-refractivity contribution in [2.75, 3.05) is 18.5 Å². The van der Waals surface area contributed by atoms with Gasteiger partial charge in [-0.2, -0.15) is 0 Å². The molecule has 21 heavy (non-hydrogen) atoms. The van der Waals surface area contributed by atoms with E-state index in [9.17, 15) is 4.79 Å². The van der Waals surface area contributed by atoms with Crippen LogP contribution in [0.1, 0.15) is 17.5 Å². The van der Waals surface area contributed by atoms with Gasteiger partial charge in [0.1, 0.15) is 10.8 Å². The Morgan fingerprint density at radius 3 is 2.76 bits per heavy atom. The van der Waals surface area contributed by atoms with E-state index in [0.717, 1.165) is 16.3 Å². The molecule has 112 valence electrons. The highest BCUT2D eigenvalue weighted by molar-refractivity contribution is 7.15. The van der Waals surface area contributed by atoms with E-state index in [1.807, 2.05) is 31.2 Å². The minimum atomic E-state index is -0.116. The van der Waals surface area contributed by atoms with Crippen LogP contribution in [0, 0.1) is 0 Å². The van der Waals surface area contributed by atoms with Crippen molar-refractivity contribution in [3.8, 4) is 5.75 Å². The molecule has 0 spiro atoms. The van der Waals surface area contributed by atoms with E-state index >= 15 is 0 Å². The van der Waals surface area contributed by atoms with Crippen molar-refractivity contribution in [1.29, 1.82) is 0 Å². The summed E-state index contributed by atoms with van der Waals surface area (Å²) in [5.74, 6) is 0.687. The number of hydrogen-bond donors (Lipinski definition) is 2. The summed E-state index contributed by atoms with van der Waals surface area (Å²) in [7, 11) is 0. The van der Waals surface area contributed by atoms with Crippen molar-refractivity contribution in [2.45, 2.75) is 19.8 Å². The molecule has 0 aliphatic rings. The first-order chi connectivity index (χ1) is 10.2. The van der Waals surface area contributed by atoms with Crippen LogP contribution < -0.4 is 15.8 Å². The third-order valence-electron chi connectivity index (χ3n) is 2.67. The van der Waals surface area contributed by atoms with Crippen molar-refractivity contribution in [2.24, 2.45) is 5.73 Å². The van der Waals surface area contributed by atoms with Gasteiger partial charge < -0.3 is 15.8 Å². The molecular weight excluding hydrogens is 288 g/mol. The lowest BCUT2D eigenvalue weighted by Crippen LogP contribution is -2.14. The van der Waals surface area contributed by atoms with Crippen LogP contribution in [0.4, 0.5) is 5.13 Å². The van der Waals surface area contributed by atoms with Gasteiger partial charge in [0.25, 0.3) is 0 Å². The third kappa shape index (κ3) is 4.80. The monoisotopic (exact) mass is 306 g/mol. The molecule has 3 N–H and O–H groups in total. The minimum Gasteiger partial charge on any atom is -0.494 e. The maximum absolute atomic E-state index is 11.9. The molecule has 2 rings (SSSR count). The van der Waals surface area contributed by atoms with Gasteiger partial charge in [0.15, 0.2) is 0 Å². The highest BCUT2D eigenvalue weighted by atomic mass is 32.1. The zero-order chi connectivity index (χ0) is 15.1. The molecule has 0 fully saturated rings. The predicted octanol–water partition coefficient (Wildman–Crippen LogP) is 1.62. The number of nitrogens with one attached hydrogen (secondary N) is 1. The van der Waals surface area contributed by atoms with Gasteiger partial charge in [-0.3, -0.25) is 4.79 Å². The van der Waals surface area contributed by atoms with Gasteiger partial charge in [-0.15, -0.1) is 10.2 Å². The molecule has 1 heterocycles. The van der Waals surface area contributed by atoms with E-state index < -0.39 is 0 Å². The molecule has 0 atom stereocenters. The highest BCUT2D eigenvalue weighted by Crippen LogP contribution is 2.16. The normalized spacial score (nSPS) is 10.4. The van der Waals surface area contributed by atoms with E-state index in [1.165, 1.54) is 11.3 Å². The van der Waals surface area contributed by atoms with E-state index in [2.05, 4.69) is 15.5 Å². The summed E-state index contributed by atoms with van der Waals surface area (Å²) in [4.78, 5) is 11.9. The second kappa shape index (κ2) is 7.70. The predicted molar refractivity (Wildman–Crippen MR) is 82.6 cm³/mol. The van der Waals surface area contributed by atoms with Gasteiger partial charge in [-0.05, 0) is 31.2 Å². The largest absolute Gasteiger partial charge is 0.494 e. The number of nitrogens with two attached hydrogens (primary N) is 1. The van der Waals surface area contributed by atoms with Crippen LogP contribution in [0.5, 0.6) is 5.75 Å². The topological polar surface area (TPSA) is 90.1 Å². The van der Waals surface area contributed by atoms with Gasteiger partial charge >= 0.3 is 0 Å². The molecule has 6 nitrogen and oxygen atoms in total. The SMILES string of the molecule is CCOc1ccc(CC(=O)Nc2nnc(CCN)s2)cc1. The Bertz CT molecular complexity index is 583. The first kappa shape index (κ1) is 15.4. The zero-order valence-corrected chi connectivity index (χ0v) is 12.7. The Hall–Kier alpha value is -1.99. The molecule has 1 amide bonds. The maximum atomic E-state index is 11.9. The molecule has 0 unspecified atom stereocenters. The molecule has 1 aromatic heterocycles. The number of amides is 1. The summed E-state index contributed by atoms with van der Waals surface area (Å²) in [6, 6.07) is 7.47. The van der Waals surface area contributed by atoms with Crippen LogP contribution in [0.2, 0.25) is 0 Å². The van der Waals surface area contributed by atoms with Crippen LogP contribution in [-0.4, -0.2) is 29.3 Å². The average molecular weight is 306 g/mol. The Balaban J connectivity index is 1.88. The van der Waals surface area contributed by atoms with Gasteiger partial charge in [0.05, 0.1) is 13.0 Å². The zero-order valence-electron chi connectivity index (χ0n) is 11.8. The van der Waals surface area contributed by atoms with Gasteiger partial charge in [0, 0.05) is 6.42 Å². The van der Waals surface area contributed by atoms with Crippen LogP contribution in [0.15, 0.2) is 24.3 Å². The fraction of sp³-hybridized carbons (Fsp3) is 0.357. The average Bonchev–Trinajstić information content (AvgIpc) is 2.89. The number of hydrogen-bond acceptors (Lipinski definition) is 6. The van der Waals surface area contributed by atoms with Crippen molar-refractivity contribution in [1.82, 2.24) is 10.2 Å². The second-order valence-corrected chi connectivity index (χ2v) is 5.40. The summed E-state index contributed by atoms with van der Waals surface area (Å²) in [5.41, 5.74) is 6.37. The first-order valence-corrected chi connectivity index (χ1v) is 7.57. The number of carbonyl (C=O) groups excluding carboxylic acids is 1. The molecule has 0 radical (unpaired) electrons. The molecule has 0 bridgehead atoms. The number of benzene rings is 1. The number of rotatable bonds is 7. The molecule has 0 aliphatic carbocycles. The molecular formula is C14H18N4O2S. The van der Waals surface area contributed by atoms with Crippen molar-refractivity contribution in [3.63, 3.8) is 0 Å². The quantitative estimate of drug-likeness (QED) is 0.811. The summed E-state index contributed by atoms with van der Waals surface area (Å²) in [6.07, 6.45) is 0.963. The fourth-order valence-electron chi connectivity index (χ4n) is 1.75. The lowest BCUT2D eigenvalue weighted by Gasteiger charge is -2.04. The van der Waals surface area contributed by atoms with Crippen LogP contribution in [-0.2, 0) is 17.6 Å². The second-order valence-electron chi connectivity index (χ2n) is 4.34. The number of ether oxygens (including phenoxy) is 1. The van der Waals surface area contributed by atoms with Crippen LogP contribution >= 0.6 is 11.3 Å². The minimum absolute atomic E-state index is 0.116. The summed E-state index contributed by atoms with van der Waals surface area (Å²) in [5, 5.41) is 12.0. The summed E-state index contributed by atoms with van der Waals surface area (Å²) in [6.45, 7) is 3.08. The molecule has 7 heteroatoms.